The number of carboxylic acids is 2. The van der Waals surface area contributed by atoms with E-state index in [0.29, 0.717) is 12.8 Å². The van der Waals surface area contributed by atoms with E-state index in [1.54, 1.807) is 0 Å². The fraction of sp³-hybridized carbons (Fsp3) is 0.800. The van der Waals surface area contributed by atoms with Crippen molar-refractivity contribution in [3.05, 3.63) is 0 Å². The number of hydrogen-bond acceptors (Lipinski definition) is 5. The lowest BCUT2D eigenvalue weighted by atomic mass is 9.98. The van der Waals surface area contributed by atoms with E-state index >= 15 is 0 Å². The molecular weight excluding hydrogens is 264 g/mol. The van der Waals surface area contributed by atoms with Crippen LogP contribution in [0, 0.1) is 0 Å². The maximum absolute atomic E-state index is 11.7. The van der Waals surface area contributed by atoms with Gasteiger partial charge in [-0.05, 0) is 12.8 Å². The van der Waals surface area contributed by atoms with Crippen molar-refractivity contribution in [1.82, 2.24) is 0 Å². The Hall–Kier alpha value is -1.15. The van der Waals surface area contributed by atoms with Crippen LogP contribution in [0.3, 0.4) is 0 Å². The topological polar surface area (TPSA) is 118 Å². The van der Waals surface area contributed by atoms with Gasteiger partial charge >= 0.3 is 11.9 Å². The summed E-state index contributed by atoms with van der Waals surface area (Å²) in [6, 6.07) is 0. The molecule has 1 rings (SSSR count). The first kappa shape index (κ1) is 14.9. The van der Waals surface area contributed by atoms with Crippen LogP contribution in [0.5, 0.6) is 0 Å². The molecular formula is C10H16O7S. The lowest BCUT2D eigenvalue weighted by Crippen LogP contribution is -2.36. The zero-order valence-corrected chi connectivity index (χ0v) is 10.6. The standard InChI is InChI=1S/C10H16O7S/c11-9(12)6-8(10(13)14)18(15,16)17-7-4-2-1-3-5-7/h7-8H,1-6H2,(H,11,12)(H,13,14). The van der Waals surface area contributed by atoms with Gasteiger partial charge in [-0.3, -0.25) is 13.8 Å². The van der Waals surface area contributed by atoms with Crippen LogP contribution < -0.4 is 0 Å². The normalized spacial score (nSPS) is 19.3. The SMILES string of the molecule is O=C(O)CC(C(=O)O)S(=O)(=O)OC1CCCCC1. The number of hydrogen-bond donors (Lipinski definition) is 2. The molecule has 18 heavy (non-hydrogen) atoms. The number of rotatable bonds is 6. The molecule has 1 fully saturated rings. The van der Waals surface area contributed by atoms with Gasteiger partial charge in [-0.2, -0.15) is 8.42 Å². The molecule has 1 aliphatic rings. The highest BCUT2D eigenvalue weighted by molar-refractivity contribution is 7.88. The van der Waals surface area contributed by atoms with Gasteiger partial charge in [0.1, 0.15) is 0 Å². The van der Waals surface area contributed by atoms with Crippen LogP contribution in [-0.4, -0.2) is 41.9 Å². The summed E-state index contributed by atoms with van der Waals surface area (Å²) in [5.74, 6) is -3.19. The highest BCUT2D eigenvalue weighted by Gasteiger charge is 2.37. The van der Waals surface area contributed by atoms with Gasteiger partial charge in [0.2, 0.25) is 0 Å². The number of carboxylic acid groups (broad SMARTS) is 2. The van der Waals surface area contributed by atoms with Gasteiger partial charge in [0, 0.05) is 0 Å². The van der Waals surface area contributed by atoms with E-state index in [2.05, 4.69) is 0 Å². The molecule has 1 aliphatic carbocycles. The van der Waals surface area contributed by atoms with Gasteiger partial charge in [0.05, 0.1) is 12.5 Å². The minimum atomic E-state index is -4.40. The molecule has 0 bridgehead atoms. The smallest absolute Gasteiger partial charge is 0.325 e. The Balaban J connectivity index is 2.74. The van der Waals surface area contributed by atoms with Gasteiger partial charge in [0.25, 0.3) is 10.1 Å². The van der Waals surface area contributed by atoms with Crippen molar-refractivity contribution < 1.29 is 32.4 Å². The summed E-state index contributed by atoms with van der Waals surface area (Å²) in [4.78, 5) is 21.3. The first-order valence-corrected chi connectivity index (χ1v) is 7.17. The third-order valence-corrected chi connectivity index (χ3v) is 4.41. The Bertz CT molecular complexity index is 408. The maximum atomic E-state index is 11.7. The van der Waals surface area contributed by atoms with Crippen molar-refractivity contribution in [2.45, 2.75) is 49.9 Å². The molecule has 1 unspecified atom stereocenters. The second-order valence-electron chi connectivity index (χ2n) is 4.27. The van der Waals surface area contributed by atoms with Crippen molar-refractivity contribution in [2.24, 2.45) is 0 Å². The molecule has 104 valence electrons. The fourth-order valence-electron chi connectivity index (χ4n) is 1.89. The van der Waals surface area contributed by atoms with Crippen LogP contribution in [-0.2, 0) is 23.9 Å². The molecule has 2 N–H and O–H groups in total. The molecule has 0 aliphatic heterocycles. The Morgan fingerprint density at radius 1 is 1.17 bits per heavy atom. The van der Waals surface area contributed by atoms with E-state index in [1.807, 2.05) is 0 Å². The quantitative estimate of drug-likeness (QED) is 0.683. The fourth-order valence-corrected chi connectivity index (χ4v) is 3.19. The predicted molar refractivity (Wildman–Crippen MR) is 60.6 cm³/mol. The van der Waals surface area contributed by atoms with Gasteiger partial charge < -0.3 is 10.2 Å². The summed E-state index contributed by atoms with van der Waals surface area (Å²) < 4.78 is 28.3. The van der Waals surface area contributed by atoms with Crippen molar-refractivity contribution in [3.8, 4) is 0 Å². The molecule has 0 aromatic carbocycles. The van der Waals surface area contributed by atoms with Crippen molar-refractivity contribution >= 4 is 22.1 Å². The molecule has 0 aromatic rings. The molecule has 0 saturated heterocycles. The van der Waals surface area contributed by atoms with E-state index in [4.69, 9.17) is 14.4 Å². The summed E-state index contributed by atoms with van der Waals surface area (Å²) in [6.45, 7) is 0. The predicted octanol–water partition coefficient (Wildman–Crippen LogP) is 0.593. The molecule has 7 nitrogen and oxygen atoms in total. The van der Waals surface area contributed by atoms with Crippen molar-refractivity contribution in [3.63, 3.8) is 0 Å². The van der Waals surface area contributed by atoms with E-state index in [1.165, 1.54) is 0 Å². The van der Waals surface area contributed by atoms with E-state index in [0.717, 1.165) is 19.3 Å². The summed E-state index contributed by atoms with van der Waals surface area (Å²) >= 11 is 0. The number of aliphatic carboxylic acids is 2. The van der Waals surface area contributed by atoms with Crippen LogP contribution in [0.25, 0.3) is 0 Å². The van der Waals surface area contributed by atoms with Crippen LogP contribution in [0.4, 0.5) is 0 Å². The zero-order chi connectivity index (χ0) is 13.8. The average Bonchev–Trinajstić information content (AvgIpc) is 2.26. The third-order valence-electron chi connectivity index (χ3n) is 2.81. The van der Waals surface area contributed by atoms with E-state index in [-0.39, 0.29) is 0 Å². The first-order chi connectivity index (χ1) is 8.33. The monoisotopic (exact) mass is 280 g/mol. The molecule has 8 heteroatoms. The Kier molecular flexibility index (Phi) is 5.09. The largest absolute Gasteiger partial charge is 0.481 e. The minimum Gasteiger partial charge on any atom is -0.481 e. The Morgan fingerprint density at radius 2 is 1.72 bits per heavy atom. The average molecular weight is 280 g/mol. The molecule has 0 aromatic heterocycles. The lowest BCUT2D eigenvalue weighted by molar-refractivity contribution is -0.143. The minimum absolute atomic E-state index is 0.528. The molecule has 0 spiro atoms. The van der Waals surface area contributed by atoms with Gasteiger partial charge in [0.15, 0.2) is 5.25 Å². The first-order valence-electron chi connectivity index (χ1n) is 5.69. The highest BCUT2D eigenvalue weighted by Crippen LogP contribution is 2.23. The van der Waals surface area contributed by atoms with Crippen LogP contribution in [0.2, 0.25) is 0 Å². The molecule has 0 amide bonds. The molecule has 1 atom stereocenters. The van der Waals surface area contributed by atoms with Crippen LogP contribution >= 0.6 is 0 Å². The second-order valence-corrected chi connectivity index (χ2v) is 6.02. The Labute approximate surface area is 105 Å². The van der Waals surface area contributed by atoms with Gasteiger partial charge in [-0.1, -0.05) is 19.3 Å². The maximum Gasteiger partial charge on any atom is 0.325 e. The number of carbonyl (C=O) groups is 2. The molecule has 1 saturated carbocycles. The Morgan fingerprint density at radius 3 is 2.17 bits per heavy atom. The van der Waals surface area contributed by atoms with E-state index < -0.39 is 39.8 Å². The summed E-state index contributed by atoms with van der Waals surface area (Å²) in [7, 11) is -4.40. The third kappa shape index (κ3) is 4.26. The van der Waals surface area contributed by atoms with Crippen molar-refractivity contribution in [1.29, 1.82) is 0 Å². The zero-order valence-electron chi connectivity index (χ0n) is 9.74. The summed E-state index contributed by atoms with van der Waals surface area (Å²) in [5, 5.41) is 15.2. The van der Waals surface area contributed by atoms with E-state index in [9.17, 15) is 18.0 Å². The highest BCUT2D eigenvalue weighted by atomic mass is 32.2. The van der Waals surface area contributed by atoms with Crippen LogP contribution in [0.15, 0.2) is 0 Å². The molecule has 0 heterocycles. The van der Waals surface area contributed by atoms with Gasteiger partial charge in [-0.25, -0.2) is 0 Å². The summed E-state index contributed by atoms with van der Waals surface area (Å²) in [5.41, 5.74) is 0. The van der Waals surface area contributed by atoms with Gasteiger partial charge in [-0.15, -0.1) is 0 Å². The lowest BCUT2D eigenvalue weighted by Gasteiger charge is -2.22. The van der Waals surface area contributed by atoms with Crippen molar-refractivity contribution in [2.75, 3.05) is 0 Å². The summed E-state index contributed by atoms with van der Waals surface area (Å²) in [6.07, 6.45) is 2.24. The van der Waals surface area contributed by atoms with Crippen LogP contribution in [0.1, 0.15) is 38.5 Å². The molecule has 0 radical (unpaired) electrons. The second kappa shape index (κ2) is 6.14.